The van der Waals surface area contributed by atoms with Crippen LogP contribution >= 0.6 is 27.7 Å². The Morgan fingerprint density at radius 3 is 2.46 bits per heavy atom. The van der Waals surface area contributed by atoms with Crippen molar-refractivity contribution in [2.24, 2.45) is 0 Å². The van der Waals surface area contributed by atoms with E-state index in [0.29, 0.717) is 11.3 Å². The number of thioether (sulfide) groups is 1. The molecule has 0 unspecified atom stereocenters. The van der Waals surface area contributed by atoms with Crippen LogP contribution in [0.25, 0.3) is 0 Å². The van der Waals surface area contributed by atoms with E-state index in [9.17, 15) is 9.59 Å². The molecule has 4 nitrogen and oxygen atoms in total. The summed E-state index contributed by atoms with van der Waals surface area (Å²) in [5, 5.41) is 0. The van der Waals surface area contributed by atoms with Crippen molar-refractivity contribution in [1.29, 1.82) is 0 Å². The average molecular weight is 434 g/mol. The Morgan fingerprint density at radius 1 is 1.04 bits per heavy atom. The largest absolute Gasteiger partial charge is 0.457 e. The molecular weight excluding hydrogens is 414 g/mol. The van der Waals surface area contributed by atoms with Crippen LogP contribution < -0.4 is 0 Å². The Labute approximate surface area is 166 Å². The molecule has 1 fully saturated rings. The van der Waals surface area contributed by atoms with Crippen LogP contribution in [-0.2, 0) is 16.1 Å². The Hall–Kier alpha value is -1.79. The maximum atomic E-state index is 12.5. The summed E-state index contributed by atoms with van der Waals surface area (Å²) in [6.07, 6.45) is 2.16. The van der Waals surface area contributed by atoms with Gasteiger partial charge in [0.25, 0.3) is 0 Å². The van der Waals surface area contributed by atoms with E-state index in [1.807, 2.05) is 47.4 Å². The third-order valence-corrected chi connectivity index (χ3v) is 5.79. The van der Waals surface area contributed by atoms with Crippen LogP contribution in [0.3, 0.4) is 0 Å². The second-order valence-corrected chi connectivity index (χ2v) is 8.01. The van der Waals surface area contributed by atoms with Gasteiger partial charge in [0, 0.05) is 22.5 Å². The Balaban J connectivity index is 1.59. The average Bonchev–Trinajstić information content (AvgIpc) is 3.20. The number of carbonyl (C=O) groups is 2. The number of nitrogens with zero attached hydrogens (tertiary/aromatic N) is 1. The summed E-state index contributed by atoms with van der Waals surface area (Å²) in [7, 11) is 0. The standard InChI is InChI=1S/C20H20BrNO3S/c21-16-9-7-15(8-10-16)13-25-20(24)17-5-1-2-6-18(17)26-14-19(23)22-11-3-4-12-22/h1-2,5-10H,3-4,11-14H2. The van der Waals surface area contributed by atoms with Gasteiger partial charge in [-0.05, 0) is 42.7 Å². The molecule has 0 bridgehead atoms. The summed E-state index contributed by atoms with van der Waals surface area (Å²) >= 11 is 4.78. The fourth-order valence-corrected chi connectivity index (χ4v) is 3.97. The van der Waals surface area contributed by atoms with Gasteiger partial charge in [-0.15, -0.1) is 11.8 Å². The minimum absolute atomic E-state index is 0.130. The molecule has 2 aromatic carbocycles. The van der Waals surface area contributed by atoms with Crippen molar-refractivity contribution in [3.63, 3.8) is 0 Å². The van der Waals surface area contributed by atoms with Crippen molar-refractivity contribution in [2.45, 2.75) is 24.3 Å². The summed E-state index contributed by atoms with van der Waals surface area (Å²) < 4.78 is 6.42. The summed E-state index contributed by atoms with van der Waals surface area (Å²) in [6.45, 7) is 1.91. The van der Waals surface area contributed by atoms with E-state index in [2.05, 4.69) is 15.9 Å². The van der Waals surface area contributed by atoms with Crippen molar-refractivity contribution in [1.82, 2.24) is 4.90 Å². The second-order valence-electron chi connectivity index (χ2n) is 6.08. The predicted molar refractivity (Wildman–Crippen MR) is 106 cm³/mol. The lowest BCUT2D eigenvalue weighted by atomic mass is 10.2. The molecule has 1 heterocycles. The first-order chi connectivity index (χ1) is 12.6. The summed E-state index contributed by atoms with van der Waals surface area (Å²) in [6, 6.07) is 14.9. The normalized spacial score (nSPS) is 13.7. The number of amides is 1. The van der Waals surface area contributed by atoms with E-state index in [0.717, 1.165) is 40.9 Å². The minimum atomic E-state index is -0.371. The lowest BCUT2D eigenvalue weighted by Crippen LogP contribution is -2.29. The fraction of sp³-hybridized carbons (Fsp3) is 0.300. The molecule has 0 spiro atoms. The highest BCUT2D eigenvalue weighted by atomic mass is 79.9. The van der Waals surface area contributed by atoms with E-state index in [-0.39, 0.29) is 18.5 Å². The molecule has 0 aliphatic carbocycles. The summed E-state index contributed by atoms with van der Waals surface area (Å²) in [5.74, 6) is 0.104. The lowest BCUT2D eigenvalue weighted by Gasteiger charge is -2.15. The zero-order valence-corrected chi connectivity index (χ0v) is 16.7. The maximum absolute atomic E-state index is 12.5. The quantitative estimate of drug-likeness (QED) is 0.496. The monoisotopic (exact) mass is 433 g/mol. The van der Waals surface area contributed by atoms with E-state index >= 15 is 0 Å². The van der Waals surface area contributed by atoms with Crippen LogP contribution in [0.15, 0.2) is 57.9 Å². The van der Waals surface area contributed by atoms with Gasteiger partial charge in [0.1, 0.15) is 6.61 Å². The Bertz CT molecular complexity index is 773. The molecule has 0 saturated carbocycles. The molecule has 1 saturated heterocycles. The van der Waals surface area contributed by atoms with Gasteiger partial charge in [-0.25, -0.2) is 4.79 Å². The number of esters is 1. The lowest BCUT2D eigenvalue weighted by molar-refractivity contribution is -0.127. The molecule has 0 aromatic heterocycles. The topological polar surface area (TPSA) is 46.6 Å². The van der Waals surface area contributed by atoms with Gasteiger partial charge in [-0.2, -0.15) is 0 Å². The van der Waals surface area contributed by atoms with Gasteiger partial charge in [0.2, 0.25) is 5.91 Å². The molecule has 1 aliphatic heterocycles. The molecule has 0 N–H and O–H groups in total. The van der Waals surface area contributed by atoms with Crippen LogP contribution in [0, 0.1) is 0 Å². The van der Waals surface area contributed by atoms with Crippen molar-refractivity contribution >= 4 is 39.6 Å². The first kappa shape index (κ1) is 19.0. The first-order valence-corrected chi connectivity index (χ1v) is 10.3. The van der Waals surface area contributed by atoms with Crippen molar-refractivity contribution in [3.8, 4) is 0 Å². The number of rotatable bonds is 6. The SMILES string of the molecule is O=C(OCc1ccc(Br)cc1)c1ccccc1SCC(=O)N1CCCC1. The van der Waals surface area contributed by atoms with E-state index in [1.165, 1.54) is 11.8 Å². The number of likely N-dealkylation sites (tertiary alicyclic amines) is 1. The van der Waals surface area contributed by atoms with Crippen molar-refractivity contribution in [3.05, 3.63) is 64.1 Å². The van der Waals surface area contributed by atoms with E-state index in [1.54, 1.807) is 6.07 Å². The number of ether oxygens (including phenoxy) is 1. The third-order valence-electron chi connectivity index (χ3n) is 4.20. The number of carbonyl (C=O) groups excluding carboxylic acids is 2. The first-order valence-electron chi connectivity index (χ1n) is 8.54. The number of hydrogen-bond acceptors (Lipinski definition) is 4. The van der Waals surface area contributed by atoms with Gasteiger partial charge in [0.05, 0.1) is 11.3 Å². The molecule has 136 valence electrons. The Morgan fingerprint density at radius 2 is 1.73 bits per heavy atom. The molecule has 2 aromatic rings. The molecule has 3 rings (SSSR count). The number of halogens is 1. The van der Waals surface area contributed by atoms with Gasteiger partial charge >= 0.3 is 5.97 Å². The molecule has 6 heteroatoms. The maximum Gasteiger partial charge on any atom is 0.339 e. The van der Waals surface area contributed by atoms with E-state index in [4.69, 9.17) is 4.74 Å². The smallest absolute Gasteiger partial charge is 0.339 e. The van der Waals surface area contributed by atoms with Gasteiger partial charge in [-0.3, -0.25) is 4.79 Å². The van der Waals surface area contributed by atoms with Gasteiger partial charge < -0.3 is 9.64 Å². The number of hydrogen-bond donors (Lipinski definition) is 0. The molecule has 0 radical (unpaired) electrons. The molecule has 1 amide bonds. The van der Waals surface area contributed by atoms with Crippen LogP contribution in [0.4, 0.5) is 0 Å². The third kappa shape index (κ3) is 5.11. The summed E-state index contributed by atoms with van der Waals surface area (Å²) in [5.41, 5.74) is 1.43. The van der Waals surface area contributed by atoms with Crippen molar-refractivity contribution in [2.75, 3.05) is 18.8 Å². The van der Waals surface area contributed by atoms with Crippen LogP contribution in [0.5, 0.6) is 0 Å². The summed E-state index contributed by atoms with van der Waals surface area (Å²) in [4.78, 5) is 27.4. The molecule has 1 aliphatic rings. The van der Waals surface area contributed by atoms with Gasteiger partial charge in [0.15, 0.2) is 0 Å². The van der Waals surface area contributed by atoms with Crippen molar-refractivity contribution < 1.29 is 14.3 Å². The molecule has 26 heavy (non-hydrogen) atoms. The highest BCUT2D eigenvalue weighted by molar-refractivity contribution is 9.10. The zero-order chi connectivity index (χ0) is 18.4. The van der Waals surface area contributed by atoms with Crippen LogP contribution in [-0.4, -0.2) is 35.6 Å². The highest BCUT2D eigenvalue weighted by Gasteiger charge is 2.19. The molecular formula is C20H20BrNO3S. The van der Waals surface area contributed by atoms with Crippen LogP contribution in [0.2, 0.25) is 0 Å². The molecule has 0 atom stereocenters. The zero-order valence-electron chi connectivity index (χ0n) is 14.3. The highest BCUT2D eigenvalue weighted by Crippen LogP contribution is 2.25. The Kier molecular flexibility index (Phi) is 6.74. The fourth-order valence-electron chi connectivity index (χ4n) is 2.77. The van der Waals surface area contributed by atoms with E-state index < -0.39 is 0 Å². The second kappa shape index (κ2) is 9.24. The predicted octanol–water partition coefficient (Wildman–Crippen LogP) is 4.52. The van der Waals surface area contributed by atoms with Crippen LogP contribution in [0.1, 0.15) is 28.8 Å². The van der Waals surface area contributed by atoms with Gasteiger partial charge in [-0.1, -0.05) is 40.2 Å². The minimum Gasteiger partial charge on any atom is -0.457 e. The number of benzene rings is 2.